The van der Waals surface area contributed by atoms with Crippen LogP contribution in [0.5, 0.6) is 0 Å². The third-order valence-electron chi connectivity index (χ3n) is 6.10. The summed E-state index contributed by atoms with van der Waals surface area (Å²) in [4.78, 5) is 13.3. The highest BCUT2D eigenvalue weighted by molar-refractivity contribution is 7.89. The summed E-state index contributed by atoms with van der Waals surface area (Å²) in [6.45, 7) is 2.64. The minimum atomic E-state index is -3.57. The average molecular weight is 413 g/mol. The van der Waals surface area contributed by atoms with E-state index in [9.17, 15) is 13.2 Å². The SMILES string of the molecule is Cc1ccc(S(=O)(=O)N2CCCC(C(=O)NC3CCCc4ccccc43)C2)cc1. The van der Waals surface area contributed by atoms with Gasteiger partial charge in [0.05, 0.1) is 16.9 Å². The monoisotopic (exact) mass is 412 g/mol. The Labute approximate surface area is 173 Å². The van der Waals surface area contributed by atoms with Gasteiger partial charge in [0.25, 0.3) is 0 Å². The summed E-state index contributed by atoms with van der Waals surface area (Å²) in [7, 11) is -3.57. The van der Waals surface area contributed by atoms with Gasteiger partial charge in [-0.1, -0.05) is 42.0 Å². The topological polar surface area (TPSA) is 66.5 Å². The Balaban J connectivity index is 1.46. The molecular formula is C23H28N2O3S. The van der Waals surface area contributed by atoms with Crippen molar-refractivity contribution in [2.75, 3.05) is 13.1 Å². The minimum Gasteiger partial charge on any atom is -0.349 e. The number of carbonyl (C=O) groups excluding carboxylic acids is 1. The molecule has 1 N–H and O–H groups in total. The van der Waals surface area contributed by atoms with Crippen LogP contribution in [0.25, 0.3) is 0 Å². The smallest absolute Gasteiger partial charge is 0.243 e. The second-order valence-corrected chi connectivity index (χ2v) is 10.1. The maximum atomic E-state index is 13.0. The molecule has 1 fully saturated rings. The van der Waals surface area contributed by atoms with Gasteiger partial charge in [0.2, 0.25) is 15.9 Å². The molecule has 0 saturated carbocycles. The number of carbonyl (C=O) groups is 1. The van der Waals surface area contributed by atoms with Gasteiger partial charge in [-0.15, -0.1) is 0 Å². The minimum absolute atomic E-state index is 0.0246. The molecule has 0 spiro atoms. The van der Waals surface area contributed by atoms with Crippen LogP contribution >= 0.6 is 0 Å². The Morgan fingerprint density at radius 1 is 1.03 bits per heavy atom. The highest BCUT2D eigenvalue weighted by Crippen LogP contribution is 2.31. The molecular weight excluding hydrogens is 384 g/mol. The molecule has 2 aliphatic rings. The first-order valence-electron chi connectivity index (χ1n) is 10.4. The third-order valence-corrected chi connectivity index (χ3v) is 7.98. The zero-order chi connectivity index (χ0) is 20.4. The molecule has 1 saturated heterocycles. The lowest BCUT2D eigenvalue weighted by molar-refractivity contribution is -0.127. The highest BCUT2D eigenvalue weighted by atomic mass is 32.2. The Kier molecular flexibility index (Phi) is 5.74. The van der Waals surface area contributed by atoms with E-state index in [1.165, 1.54) is 15.4 Å². The van der Waals surface area contributed by atoms with E-state index in [1.807, 2.05) is 31.2 Å². The number of aryl methyl sites for hydroxylation is 2. The maximum Gasteiger partial charge on any atom is 0.243 e. The van der Waals surface area contributed by atoms with Crippen LogP contribution in [0.2, 0.25) is 0 Å². The predicted molar refractivity (Wildman–Crippen MR) is 113 cm³/mol. The summed E-state index contributed by atoms with van der Waals surface area (Å²) < 4.78 is 27.5. The average Bonchev–Trinajstić information content (AvgIpc) is 2.74. The maximum absolute atomic E-state index is 13.0. The number of fused-ring (bicyclic) bond motifs is 1. The highest BCUT2D eigenvalue weighted by Gasteiger charge is 2.34. The summed E-state index contributed by atoms with van der Waals surface area (Å²) >= 11 is 0. The van der Waals surface area contributed by atoms with Gasteiger partial charge < -0.3 is 5.32 Å². The predicted octanol–water partition coefficient (Wildman–Crippen LogP) is 3.59. The van der Waals surface area contributed by atoms with Crippen LogP contribution in [0.1, 0.15) is 48.4 Å². The van der Waals surface area contributed by atoms with Gasteiger partial charge in [0.1, 0.15) is 0 Å². The van der Waals surface area contributed by atoms with E-state index in [1.54, 1.807) is 12.1 Å². The second kappa shape index (κ2) is 8.28. The van der Waals surface area contributed by atoms with Gasteiger partial charge in [-0.2, -0.15) is 4.31 Å². The largest absolute Gasteiger partial charge is 0.349 e. The van der Waals surface area contributed by atoms with Gasteiger partial charge in [-0.3, -0.25) is 4.79 Å². The standard InChI is InChI=1S/C23H28N2O3S/c1-17-11-13-20(14-12-17)29(27,28)25-15-5-8-19(16-25)23(26)24-22-10-4-7-18-6-2-3-9-21(18)22/h2-3,6,9,11-14,19,22H,4-5,7-8,10,15-16H2,1H3,(H,24,26). The Hall–Kier alpha value is -2.18. The number of benzene rings is 2. The van der Waals surface area contributed by atoms with Gasteiger partial charge in [0.15, 0.2) is 0 Å². The number of nitrogens with zero attached hydrogens (tertiary/aromatic N) is 1. The molecule has 2 atom stereocenters. The molecule has 2 unspecified atom stereocenters. The van der Waals surface area contributed by atoms with Crippen LogP contribution in [0.3, 0.4) is 0 Å². The normalized spacial score (nSPS) is 22.7. The number of piperidine rings is 1. The molecule has 2 aromatic rings. The molecule has 154 valence electrons. The van der Waals surface area contributed by atoms with Crippen molar-refractivity contribution in [1.82, 2.24) is 9.62 Å². The number of hydrogen-bond acceptors (Lipinski definition) is 3. The van der Waals surface area contributed by atoms with Crippen LogP contribution in [-0.2, 0) is 21.2 Å². The van der Waals surface area contributed by atoms with Crippen molar-refractivity contribution in [2.24, 2.45) is 5.92 Å². The van der Waals surface area contributed by atoms with Crippen molar-refractivity contribution in [3.63, 3.8) is 0 Å². The fourth-order valence-electron chi connectivity index (χ4n) is 4.43. The molecule has 0 radical (unpaired) electrons. The molecule has 5 nitrogen and oxygen atoms in total. The number of sulfonamides is 1. The van der Waals surface area contributed by atoms with Crippen LogP contribution < -0.4 is 5.32 Å². The van der Waals surface area contributed by atoms with E-state index in [0.29, 0.717) is 17.9 Å². The van der Waals surface area contributed by atoms with Crippen molar-refractivity contribution in [3.05, 3.63) is 65.2 Å². The third kappa shape index (κ3) is 4.23. The molecule has 1 amide bonds. The Bertz CT molecular complexity index is 985. The van der Waals surface area contributed by atoms with E-state index >= 15 is 0 Å². The molecule has 29 heavy (non-hydrogen) atoms. The zero-order valence-electron chi connectivity index (χ0n) is 16.8. The van der Waals surface area contributed by atoms with Crippen LogP contribution in [0.4, 0.5) is 0 Å². The van der Waals surface area contributed by atoms with Crippen LogP contribution in [0, 0.1) is 12.8 Å². The summed E-state index contributed by atoms with van der Waals surface area (Å²) in [6.07, 6.45) is 4.46. The Morgan fingerprint density at radius 3 is 2.59 bits per heavy atom. The quantitative estimate of drug-likeness (QED) is 0.835. The molecule has 6 heteroatoms. The second-order valence-electron chi connectivity index (χ2n) is 8.17. The van der Waals surface area contributed by atoms with Crippen LogP contribution in [0.15, 0.2) is 53.4 Å². The molecule has 4 rings (SSSR count). The van der Waals surface area contributed by atoms with E-state index < -0.39 is 10.0 Å². The van der Waals surface area contributed by atoms with Gasteiger partial charge in [0, 0.05) is 13.1 Å². The Morgan fingerprint density at radius 2 is 1.79 bits per heavy atom. The number of nitrogens with one attached hydrogen (secondary N) is 1. The number of hydrogen-bond donors (Lipinski definition) is 1. The molecule has 0 bridgehead atoms. The first kappa shape index (κ1) is 20.1. The number of amides is 1. The van der Waals surface area contributed by atoms with Gasteiger partial charge in [-0.25, -0.2) is 8.42 Å². The fraction of sp³-hybridized carbons (Fsp3) is 0.435. The zero-order valence-corrected chi connectivity index (χ0v) is 17.6. The van der Waals surface area contributed by atoms with E-state index in [-0.39, 0.29) is 24.4 Å². The van der Waals surface area contributed by atoms with Crippen molar-refractivity contribution >= 4 is 15.9 Å². The molecule has 1 heterocycles. The summed E-state index contributed by atoms with van der Waals surface area (Å²) in [5.41, 5.74) is 3.52. The lowest BCUT2D eigenvalue weighted by Gasteiger charge is -2.33. The summed E-state index contributed by atoms with van der Waals surface area (Å²) in [6, 6.07) is 15.2. The summed E-state index contributed by atoms with van der Waals surface area (Å²) in [5, 5.41) is 3.20. The lowest BCUT2D eigenvalue weighted by atomic mass is 9.87. The van der Waals surface area contributed by atoms with Crippen molar-refractivity contribution in [3.8, 4) is 0 Å². The molecule has 1 aliphatic heterocycles. The molecule has 1 aliphatic carbocycles. The van der Waals surface area contributed by atoms with Gasteiger partial charge >= 0.3 is 0 Å². The van der Waals surface area contributed by atoms with E-state index in [2.05, 4.69) is 17.4 Å². The van der Waals surface area contributed by atoms with Crippen LogP contribution in [-0.4, -0.2) is 31.7 Å². The number of rotatable bonds is 4. The van der Waals surface area contributed by atoms with Gasteiger partial charge in [-0.05, 0) is 62.3 Å². The first-order valence-corrected chi connectivity index (χ1v) is 11.8. The summed E-state index contributed by atoms with van der Waals surface area (Å²) in [5.74, 6) is -0.339. The van der Waals surface area contributed by atoms with Crippen molar-refractivity contribution < 1.29 is 13.2 Å². The molecule has 2 aromatic carbocycles. The van der Waals surface area contributed by atoms with E-state index in [0.717, 1.165) is 31.2 Å². The van der Waals surface area contributed by atoms with E-state index in [4.69, 9.17) is 0 Å². The van der Waals surface area contributed by atoms with Crippen molar-refractivity contribution in [1.29, 1.82) is 0 Å². The first-order chi connectivity index (χ1) is 13.9. The molecule has 0 aromatic heterocycles. The van der Waals surface area contributed by atoms with Crippen molar-refractivity contribution in [2.45, 2.75) is 50.0 Å². The fourth-order valence-corrected chi connectivity index (χ4v) is 5.95. The lowest BCUT2D eigenvalue weighted by Crippen LogP contribution is -2.46.